The van der Waals surface area contributed by atoms with Crippen LogP contribution in [0.2, 0.25) is 0 Å². The molecule has 0 amide bonds. The monoisotopic (exact) mass is 259 g/mol. The molecule has 0 radical (unpaired) electrons. The Bertz CT molecular complexity index is 693. The average molecular weight is 259 g/mol. The van der Waals surface area contributed by atoms with Crippen LogP contribution in [-0.2, 0) is 4.74 Å². The number of esters is 1. The van der Waals surface area contributed by atoms with Crippen LogP contribution in [0.3, 0.4) is 0 Å². The molecule has 6 heteroatoms. The Balaban J connectivity index is 2.90. The number of carbonyl (C=O) groups excluding carboxylic acids is 2. The Hall–Kier alpha value is -2.76. The zero-order valence-corrected chi connectivity index (χ0v) is 9.95. The molecule has 19 heavy (non-hydrogen) atoms. The highest BCUT2D eigenvalue weighted by atomic mass is 16.6. The normalized spacial score (nSPS) is 10.2. The predicted molar refractivity (Wildman–Crippen MR) is 67.3 cm³/mol. The lowest BCUT2D eigenvalue weighted by Gasteiger charge is -2.07. The minimum atomic E-state index is -0.719. The molecule has 0 saturated heterocycles. The first-order chi connectivity index (χ1) is 9.08. The number of nitro benzene ring substituents is 1. The van der Waals surface area contributed by atoms with Crippen molar-refractivity contribution < 1.29 is 19.2 Å². The first kappa shape index (κ1) is 12.7. The molecular formula is C13H9NO5. The smallest absolute Gasteiger partial charge is 0.338 e. The first-order valence-electron chi connectivity index (χ1n) is 5.33. The summed E-state index contributed by atoms with van der Waals surface area (Å²) in [5.41, 5.74) is 0.0677. The van der Waals surface area contributed by atoms with Crippen LogP contribution in [-0.4, -0.2) is 24.3 Å². The predicted octanol–water partition coefficient (Wildman–Crippen LogP) is 2.35. The molecule has 6 nitrogen and oxygen atoms in total. The van der Waals surface area contributed by atoms with Crippen LogP contribution in [0.5, 0.6) is 0 Å². The van der Waals surface area contributed by atoms with E-state index < -0.39 is 10.9 Å². The number of hydrogen-bond donors (Lipinski definition) is 0. The van der Waals surface area contributed by atoms with Gasteiger partial charge >= 0.3 is 5.97 Å². The largest absolute Gasteiger partial charge is 0.465 e. The fourth-order valence-corrected chi connectivity index (χ4v) is 1.92. The number of fused-ring (bicyclic) bond motifs is 1. The molecule has 0 heterocycles. The van der Waals surface area contributed by atoms with Gasteiger partial charge in [0.15, 0.2) is 6.29 Å². The highest BCUT2D eigenvalue weighted by Gasteiger charge is 2.19. The summed E-state index contributed by atoms with van der Waals surface area (Å²) < 4.78 is 4.60. The Kier molecular flexibility index (Phi) is 3.24. The number of methoxy groups -OCH3 is 1. The fourth-order valence-electron chi connectivity index (χ4n) is 1.92. The van der Waals surface area contributed by atoms with E-state index in [-0.39, 0.29) is 16.8 Å². The van der Waals surface area contributed by atoms with Crippen LogP contribution in [0.15, 0.2) is 30.3 Å². The van der Waals surface area contributed by atoms with E-state index in [1.54, 1.807) is 12.1 Å². The minimum absolute atomic E-state index is 0.00870. The number of hydrogen-bond acceptors (Lipinski definition) is 5. The van der Waals surface area contributed by atoms with E-state index in [9.17, 15) is 19.7 Å². The molecule has 0 spiro atoms. The first-order valence-corrected chi connectivity index (χ1v) is 5.33. The van der Waals surface area contributed by atoms with E-state index in [4.69, 9.17) is 0 Å². The summed E-state index contributed by atoms with van der Waals surface area (Å²) in [7, 11) is 1.18. The van der Waals surface area contributed by atoms with Gasteiger partial charge in [-0.1, -0.05) is 18.2 Å². The van der Waals surface area contributed by atoms with Gasteiger partial charge in [0.1, 0.15) is 0 Å². The Labute approximate surface area is 107 Å². The molecular weight excluding hydrogens is 250 g/mol. The van der Waals surface area contributed by atoms with E-state index >= 15 is 0 Å². The second-order valence-corrected chi connectivity index (χ2v) is 3.81. The lowest BCUT2D eigenvalue weighted by Crippen LogP contribution is -2.05. The van der Waals surface area contributed by atoms with Crippen molar-refractivity contribution in [1.29, 1.82) is 0 Å². The van der Waals surface area contributed by atoms with Gasteiger partial charge < -0.3 is 4.74 Å². The average Bonchev–Trinajstić information content (AvgIpc) is 2.44. The maximum absolute atomic E-state index is 11.7. The quantitative estimate of drug-likeness (QED) is 0.365. The maximum Gasteiger partial charge on any atom is 0.338 e. The number of rotatable bonds is 3. The zero-order valence-electron chi connectivity index (χ0n) is 9.95. The Morgan fingerprint density at radius 1 is 1.37 bits per heavy atom. The molecule has 0 aromatic heterocycles. The lowest BCUT2D eigenvalue weighted by atomic mass is 9.99. The lowest BCUT2D eigenvalue weighted by molar-refractivity contribution is -0.384. The van der Waals surface area contributed by atoms with E-state index in [1.807, 2.05) is 0 Å². The highest BCUT2D eigenvalue weighted by molar-refractivity contribution is 6.11. The fraction of sp³-hybridized carbons (Fsp3) is 0.0769. The van der Waals surface area contributed by atoms with Crippen LogP contribution in [0.1, 0.15) is 20.7 Å². The van der Waals surface area contributed by atoms with Crippen molar-refractivity contribution in [3.05, 3.63) is 51.6 Å². The summed E-state index contributed by atoms with van der Waals surface area (Å²) in [5, 5.41) is 11.6. The molecule has 0 N–H and O–H groups in total. The number of ether oxygens (including phenoxy) is 1. The number of non-ortho nitro benzene ring substituents is 1. The summed E-state index contributed by atoms with van der Waals surface area (Å²) in [6.45, 7) is 0. The highest BCUT2D eigenvalue weighted by Crippen LogP contribution is 2.28. The van der Waals surface area contributed by atoms with Crippen molar-refractivity contribution in [3.8, 4) is 0 Å². The summed E-state index contributed by atoms with van der Waals surface area (Å²) in [4.78, 5) is 33.0. The molecule has 2 aromatic carbocycles. The summed E-state index contributed by atoms with van der Waals surface area (Å²) in [6, 6.07) is 7.15. The van der Waals surface area contributed by atoms with Gasteiger partial charge in [0.25, 0.3) is 5.69 Å². The molecule has 0 saturated carbocycles. The molecule has 0 aliphatic rings. The van der Waals surface area contributed by atoms with Crippen molar-refractivity contribution >= 4 is 28.7 Å². The standard InChI is InChI=1S/C13H9NO5/c1-19-13(16)11-6-10(14(17)18)5-8-3-2-4-9(7-15)12(8)11/h2-7H,1H3. The van der Waals surface area contributed by atoms with Crippen molar-refractivity contribution in [1.82, 2.24) is 0 Å². The zero-order chi connectivity index (χ0) is 14.0. The van der Waals surface area contributed by atoms with Gasteiger partial charge in [-0.25, -0.2) is 4.79 Å². The van der Waals surface area contributed by atoms with Crippen LogP contribution in [0.4, 0.5) is 5.69 Å². The Morgan fingerprint density at radius 3 is 2.68 bits per heavy atom. The number of nitrogens with zero attached hydrogens (tertiary/aromatic N) is 1. The SMILES string of the molecule is COC(=O)c1cc([N+](=O)[O-])cc2cccc(C=O)c12. The second kappa shape index (κ2) is 4.85. The van der Waals surface area contributed by atoms with Gasteiger partial charge in [0, 0.05) is 23.1 Å². The van der Waals surface area contributed by atoms with Crippen molar-refractivity contribution in [3.63, 3.8) is 0 Å². The summed E-state index contributed by atoms with van der Waals surface area (Å²) in [5.74, 6) is -0.719. The van der Waals surface area contributed by atoms with Crippen molar-refractivity contribution in [2.24, 2.45) is 0 Å². The van der Waals surface area contributed by atoms with Crippen LogP contribution in [0, 0.1) is 10.1 Å². The van der Waals surface area contributed by atoms with Crippen molar-refractivity contribution in [2.45, 2.75) is 0 Å². The van der Waals surface area contributed by atoms with Crippen molar-refractivity contribution in [2.75, 3.05) is 7.11 Å². The third-order valence-electron chi connectivity index (χ3n) is 2.74. The van der Waals surface area contributed by atoms with E-state index in [2.05, 4.69) is 4.74 Å². The number of carbonyl (C=O) groups is 2. The van der Waals surface area contributed by atoms with Gasteiger partial charge in [-0.15, -0.1) is 0 Å². The maximum atomic E-state index is 11.7. The summed E-state index contributed by atoms with van der Waals surface area (Å²) >= 11 is 0. The molecule has 0 fully saturated rings. The topological polar surface area (TPSA) is 86.5 Å². The number of benzene rings is 2. The molecule has 0 aliphatic heterocycles. The van der Waals surface area contributed by atoms with Gasteiger partial charge in [-0.2, -0.15) is 0 Å². The minimum Gasteiger partial charge on any atom is -0.465 e. The molecule has 96 valence electrons. The van der Waals surface area contributed by atoms with Gasteiger partial charge in [0.2, 0.25) is 0 Å². The molecule has 2 aromatic rings. The molecule has 0 atom stereocenters. The van der Waals surface area contributed by atoms with Gasteiger partial charge in [0.05, 0.1) is 17.6 Å². The molecule has 0 aliphatic carbocycles. The van der Waals surface area contributed by atoms with Crippen LogP contribution in [0.25, 0.3) is 10.8 Å². The van der Waals surface area contributed by atoms with Gasteiger partial charge in [-0.3, -0.25) is 14.9 Å². The van der Waals surface area contributed by atoms with E-state index in [0.717, 1.165) is 6.07 Å². The number of nitro groups is 1. The number of aldehydes is 1. The Morgan fingerprint density at radius 2 is 2.11 bits per heavy atom. The summed E-state index contributed by atoms with van der Waals surface area (Å²) in [6.07, 6.45) is 0.598. The van der Waals surface area contributed by atoms with E-state index in [1.165, 1.54) is 19.2 Å². The van der Waals surface area contributed by atoms with Crippen LogP contribution >= 0.6 is 0 Å². The molecule has 0 unspecified atom stereocenters. The van der Waals surface area contributed by atoms with Gasteiger partial charge in [-0.05, 0) is 5.39 Å². The van der Waals surface area contributed by atoms with E-state index in [0.29, 0.717) is 17.1 Å². The second-order valence-electron chi connectivity index (χ2n) is 3.81. The third kappa shape index (κ3) is 2.15. The third-order valence-corrected chi connectivity index (χ3v) is 2.74. The molecule has 2 rings (SSSR count). The molecule has 0 bridgehead atoms. The van der Waals surface area contributed by atoms with Crippen LogP contribution < -0.4 is 0 Å².